The van der Waals surface area contributed by atoms with Crippen LogP contribution in [0, 0.1) is 0 Å². The monoisotopic (exact) mass is 193 g/mol. The highest BCUT2D eigenvalue weighted by Gasteiger charge is 2.03. The number of nitrogens with zero attached hydrogens (tertiary/aromatic N) is 1. The summed E-state index contributed by atoms with van der Waals surface area (Å²) in [6.07, 6.45) is 3.89. The molecule has 0 aliphatic heterocycles. The summed E-state index contributed by atoms with van der Waals surface area (Å²) in [5, 5.41) is 9.50. The summed E-state index contributed by atoms with van der Waals surface area (Å²) in [5.41, 5.74) is 1.04. The molecule has 0 aromatic carbocycles. The second-order valence-corrected chi connectivity index (χ2v) is 3.07. The Labute approximate surface area is 83.4 Å². The second-order valence-electron chi connectivity index (χ2n) is 3.07. The fourth-order valence-electron chi connectivity index (χ4n) is 1.15. The van der Waals surface area contributed by atoms with Gasteiger partial charge >= 0.3 is 0 Å². The summed E-state index contributed by atoms with van der Waals surface area (Å²) in [6.45, 7) is 5.58. The van der Waals surface area contributed by atoms with Crippen molar-refractivity contribution in [2.24, 2.45) is 0 Å². The molecule has 1 rings (SSSR count). The number of carbonyl (C=O) groups is 1. The predicted octanol–water partition coefficient (Wildman–Crippen LogP) is 1.88. The number of carbonyl (C=O) groups excluding carboxylic acids is 1. The SMILES string of the molecule is C=CCC(=O)Nc1cc(CCC)[nH]n1. The number of anilines is 1. The number of hydrogen-bond acceptors (Lipinski definition) is 2. The van der Waals surface area contributed by atoms with Crippen LogP contribution >= 0.6 is 0 Å². The van der Waals surface area contributed by atoms with Gasteiger partial charge in [0, 0.05) is 18.2 Å². The van der Waals surface area contributed by atoms with Crippen molar-refractivity contribution in [2.75, 3.05) is 5.32 Å². The van der Waals surface area contributed by atoms with Gasteiger partial charge in [-0.3, -0.25) is 9.89 Å². The van der Waals surface area contributed by atoms with Gasteiger partial charge in [0.1, 0.15) is 0 Å². The highest BCUT2D eigenvalue weighted by molar-refractivity contribution is 5.90. The molecule has 0 aliphatic rings. The third-order valence-corrected chi connectivity index (χ3v) is 1.75. The maximum atomic E-state index is 11.1. The van der Waals surface area contributed by atoms with Gasteiger partial charge in [-0.2, -0.15) is 5.10 Å². The molecule has 4 nitrogen and oxygen atoms in total. The number of hydrogen-bond donors (Lipinski definition) is 2. The Balaban J connectivity index is 2.50. The number of H-pyrrole nitrogens is 1. The minimum Gasteiger partial charge on any atom is -0.309 e. The highest BCUT2D eigenvalue weighted by Crippen LogP contribution is 2.07. The number of amides is 1. The number of rotatable bonds is 5. The molecule has 2 N–H and O–H groups in total. The van der Waals surface area contributed by atoms with Gasteiger partial charge in [-0.15, -0.1) is 6.58 Å². The van der Waals surface area contributed by atoms with Gasteiger partial charge in [0.15, 0.2) is 5.82 Å². The fourth-order valence-corrected chi connectivity index (χ4v) is 1.15. The van der Waals surface area contributed by atoms with E-state index in [4.69, 9.17) is 0 Å². The van der Waals surface area contributed by atoms with E-state index in [1.54, 1.807) is 6.08 Å². The number of aryl methyl sites for hydroxylation is 1. The number of nitrogens with one attached hydrogen (secondary N) is 2. The van der Waals surface area contributed by atoms with Crippen molar-refractivity contribution in [3.05, 3.63) is 24.4 Å². The molecule has 0 radical (unpaired) electrons. The summed E-state index contributed by atoms with van der Waals surface area (Å²) in [7, 11) is 0. The summed E-state index contributed by atoms with van der Waals surface area (Å²) >= 11 is 0. The minimum absolute atomic E-state index is 0.0884. The first-order valence-corrected chi connectivity index (χ1v) is 4.71. The highest BCUT2D eigenvalue weighted by atomic mass is 16.1. The van der Waals surface area contributed by atoms with Gasteiger partial charge in [-0.1, -0.05) is 19.4 Å². The predicted molar refractivity (Wildman–Crippen MR) is 56.0 cm³/mol. The Morgan fingerprint density at radius 2 is 2.57 bits per heavy atom. The van der Waals surface area contributed by atoms with Crippen LogP contribution in [0.25, 0.3) is 0 Å². The quantitative estimate of drug-likeness (QED) is 0.701. The average molecular weight is 193 g/mol. The van der Waals surface area contributed by atoms with E-state index in [2.05, 4.69) is 29.0 Å². The standard InChI is InChI=1S/C10H15N3O/c1-3-5-8-7-9(13-12-8)11-10(14)6-4-2/h4,7H,2-3,5-6H2,1H3,(H2,11,12,13,14). The van der Waals surface area contributed by atoms with Crippen molar-refractivity contribution in [3.63, 3.8) is 0 Å². The van der Waals surface area contributed by atoms with Crippen LogP contribution in [0.4, 0.5) is 5.82 Å². The Hall–Kier alpha value is -1.58. The van der Waals surface area contributed by atoms with Gasteiger partial charge in [0.05, 0.1) is 0 Å². The van der Waals surface area contributed by atoms with Gasteiger partial charge < -0.3 is 5.32 Å². The van der Waals surface area contributed by atoms with Crippen LogP contribution in [-0.2, 0) is 11.2 Å². The molecular formula is C10H15N3O. The topological polar surface area (TPSA) is 57.8 Å². The zero-order valence-corrected chi connectivity index (χ0v) is 8.34. The minimum atomic E-state index is -0.0884. The molecule has 0 bridgehead atoms. The zero-order chi connectivity index (χ0) is 10.4. The first-order chi connectivity index (χ1) is 6.76. The molecule has 1 heterocycles. The van der Waals surface area contributed by atoms with Crippen molar-refractivity contribution < 1.29 is 4.79 Å². The lowest BCUT2D eigenvalue weighted by molar-refractivity contribution is -0.115. The van der Waals surface area contributed by atoms with Crippen molar-refractivity contribution in [3.8, 4) is 0 Å². The average Bonchev–Trinajstić information content (AvgIpc) is 2.53. The summed E-state index contributed by atoms with van der Waals surface area (Å²) < 4.78 is 0. The van der Waals surface area contributed by atoms with Crippen molar-refractivity contribution in [1.29, 1.82) is 0 Å². The molecule has 14 heavy (non-hydrogen) atoms. The van der Waals surface area contributed by atoms with Gasteiger partial charge in [0.25, 0.3) is 0 Å². The van der Waals surface area contributed by atoms with Gasteiger partial charge in [-0.25, -0.2) is 0 Å². The molecule has 0 atom stereocenters. The molecule has 1 amide bonds. The van der Waals surface area contributed by atoms with Gasteiger partial charge in [-0.05, 0) is 6.42 Å². The third-order valence-electron chi connectivity index (χ3n) is 1.75. The van der Waals surface area contributed by atoms with Crippen molar-refractivity contribution in [2.45, 2.75) is 26.2 Å². The van der Waals surface area contributed by atoms with E-state index in [1.165, 1.54) is 0 Å². The van der Waals surface area contributed by atoms with Gasteiger partial charge in [0.2, 0.25) is 5.91 Å². The Bertz CT molecular complexity index is 317. The lowest BCUT2D eigenvalue weighted by atomic mass is 10.2. The fraction of sp³-hybridized carbons (Fsp3) is 0.400. The number of aromatic amines is 1. The van der Waals surface area contributed by atoms with E-state index in [-0.39, 0.29) is 5.91 Å². The molecule has 4 heteroatoms. The first-order valence-electron chi connectivity index (χ1n) is 4.71. The second kappa shape index (κ2) is 5.21. The maximum Gasteiger partial charge on any atom is 0.229 e. The van der Waals surface area contributed by atoms with Crippen LogP contribution in [0.15, 0.2) is 18.7 Å². The maximum absolute atomic E-state index is 11.1. The summed E-state index contributed by atoms with van der Waals surface area (Å²) in [6, 6.07) is 1.85. The molecule has 0 saturated carbocycles. The first kappa shape index (κ1) is 10.5. The van der Waals surface area contributed by atoms with Crippen LogP contribution in [0.1, 0.15) is 25.5 Å². The van der Waals surface area contributed by atoms with E-state index in [9.17, 15) is 4.79 Å². The Morgan fingerprint density at radius 1 is 1.79 bits per heavy atom. The Kier molecular flexibility index (Phi) is 3.91. The van der Waals surface area contributed by atoms with E-state index < -0.39 is 0 Å². The van der Waals surface area contributed by atoms with E-state index in [0.29, 0.717) is 12.2 Å². The molecule has 0 saturated heterocycles. The largest absolute Gasteiger partial charge is 0.309 e. The molecule has 1 aromatic heterocycles. The smallest absolute Gasteiger partial charge is 0.229 e. The third kappa shape index (κ3) is 3.05. The van der Waals surface area contributed by atoms with Crippen molar-refractivity contribution >= 4 is 11.7 Å². The molecular weight excluding hydrogens is 178 g/mol. The number of aromatic nitrogens is 2. The molecule has 0 spiro atoms. The summed E-state index contributed by atoms with van der Waals surface area (Å²) in [5.74, 6) is 0.495. The van der Waals surface area contributed by atoms with Crippen LogP contribution < -0.4 is 5.32 Å². The van der Waals surface area contributed by atoms with Crippen LogP contribution in [0.2, 0.25) is 0 Å². The van der Waals surface area contributed by atoms with Crippen LogP contribution in [0.3, 0.4) is 0 Å². The molecule has 1 aromatic rings. The van der Waals surface area contributed by atoms with Crippen LogP contribution in [-0.4, -0.2) is 16.1 Å². The molecule has 0 fully saturated rings. The molecule has 76 valence electrons. The molecule has 0 unspecified atom stereocenters. The van der Waals surface area contributed by atoms with Crippen LogP contribution in [0.5, 0.6) is 0 Å². The molecule has 0 aliphatic carbocycles. The van der Waals surface area contributed by atoms with E-state index >= 15 is 0 Å². The normalized spacial score (nSPS) is 9.79. The summed E-state index contributed by atoms with van der Waals surface area (Å²) in [4.78, 5) is 11.1. The van der Waals surface area contributed by atoms with E-state index in [0.717, 1.165) is 18.5 Å². The van der Waals surface area contributed by atoms with Crippen molar-refractivity contribution in [1.82, 2.24) is 10.2 Å². The van der Waals surface area contributed by atoms with E-state index in [1.807, 2.05) is 6.07 Å². The lowest BCUT2D eigenvalue weighted by Gasteiger charge is -1.96. The lowest BCUT2D eigenvalue weighted by Crippen LogP contribution is -2.09. The Morgan fingerprint density at radius 3 is 3.21 bits per heavy atom. The zero-order valence-electron chi connectivity index (χ0n) is 8.34.